The third kappa shape index (κ3) is 4.85. The molecule has 102 valence electrons. The fraction of sp³-hybridized carbons (Fsp3) is 0.882. The van der Waals surface area contributed by atoms with Crippen LogP contribution < -0.4 is 0 Å². The van der Waals surface area contributed by atoms with Gasteiger partial charge >= 0.3 is 0 Å². The van der Waals surface area contributed by atoms with Crippen LogP contribution in [0.4, 0.5) is 0 Å². The van der Waals surface area contributed by atoms with Crippen molar-refractivity contribution in [2.75, 3.05) is 0 Å². The summed E-state index contributed by atoms with van der Waals surface area (Å²) < 4.78 is 0. The molecule has 17 heavy (non-hydrogen) atoms. The van der Waals surface area contributed by atoms with Crippen LogP contribution >= 0.6 is 0 Å². The number of hydrogen-bond acceptors (Lipinski definition) is 0. The lowest BCUT2D eigenvalue weighted by atomic mass is 9.57. The Morgan fingerprint density at radius 2 is 1.41 bits per heavy atom. The molecule has 0 spiro atoms. The maximum Gasteiger partial charge on any atom is -0.00656 e. The molecule has 0 bridgehead atoms. The lowest BCUT2D eigenvalue weighted by Gasteiger charge is -2.47. The Morgan fingerprint density at radius 3 is 1.71 bits per heavy atom. The molecule has 0 saturated carbocycles. The van der Waals surface area contributed by atoms with Gasteiger partial charge < -0.3 is 0 Å². The van der Waals surface area contributed by atoms with E-state index in [1.54, 1.807) is 0 Å². The standard InChI is InChI=1S/C17H34/c1-10-11-12-14(2)17(9,16(6,7)8)13-15(3,4)5/h2,10-13H2,1,3-9H3. The second kappa shape index (κ2) is 5.59. The van der Waals surface area contributed by atoms with Crippen molar-refractivity contribution < 1.29 is 0 Å². The van der Waals surface area contributed by atoms with Crippen LogP contribution in [-0.4, -0.2) is 0 Å². The number of rotatable bonds is 5. The molecular formula is C17H34. The number of hydrogen-bond donors (Lipinski definition) is 0. The van der Waals surface area contributed by atoms with Crippen molar-refractivity contribution in [2.45, 2.75) is 81.1 Å². The minimum atomic E-state index is 0.237. The normalized spacial score (nSPS) is 16.7. The van der Waals surface area contributed by atoms with Crippen molar-refractivity contribution >= 4 is 0 Å². The summed E-state index contributed by atoms with van der Waals surface area (Å²) in [5.41, 5.74) is 2.32. The number of unbranched alkanes of at least 4 members (excludes halogenated alkanes) is 1. The Bertz CT molecular complexity index is 246. The van der Waals surface area contributed by atoms with E-state index in [1.165, 1.54) is 31.3 Å². The van der Waals surface area contributed by atoms with Gasteiger partial charge in [-0.3, -0.25) is 0 Å². The maximum absolute atomic E-state index is 4.41. The first-order valence-corrected chi connectivity index (χ1v) is 7.12. The van der Waals surface area contributed by atoms with Crippen LogP contribution in [0.25, 0.3) is 0 Å². The van der Waals surface area contributed by atoms with Crippen LogP contribution in [0, 0.1) is 16.2 Å². The molecule has 0 aromatic rings. The van der Waals surface area contributed by atoms with E-state index in [0.29, 0.717) is 5.41 Å². The molecule has 0 saturated heterocycles. The van der Waals surface area contributed by atoms with Crippen molar-refractivity contribution in [3.63, 3.8) is 0 Å². The Morgan fingerprint density at radius 1 is 0.941 bits per heavy atom. The fourth-order valence-corrected chi connectivity index (χ4v) is 2.65. The molecule has 0 fully saturated rings. The van der Waals surface area contributed by atoms with Crippen molar-refractivity contribution in [2.24, 2.45) is 16.2 Å². The topological polar surface area (TPSA) is 0 Å². The van der Waals surface area contributed by atoms with Crippen molar-refractivity contribution in [1.82, 2.24) is 0 Å². The van der Waals surface area contributed by atoms with E-state index >= 15 is 0 Å². The van der Waals surface area contributed by atoms with E-state index in [2.05, 4.69) is 62.0 Å². The van der Waals surface area contributed by atoms with E-state index in [-0.39, 0.29) is 10.8 Å². The SMILES string of the molecule is C=C(CCCC)C(C)(CC(C)(C)C)C(C)(C)C. The monoisotopic (exact) mass is 238 g/mol. The highest BCUT2D eigenvalue weighted by molar-refractivity contribution is 5.14. The minimum Gasteiger partial charge on any atom is -0.0993 e. The highest BCUT2D eigenvalue weighted by Crippen LogP contribution is 2.51. The zero-order valence-corrected chi connectivity index (χ0v) is 13.5. The predicted octanol–water partition coefficient (Wildman–Crippen LogP) is 6.22. The Kier molecular flexibility index (Phi) is 5.50. The molecule has 0 rings (SSSR count). The second-order valence-electron chi connectivity index (χ2n) is 8.03. The molecule has 0 aliphatic heterocycles. The molecule has 0 radical (unpaired) electrons. The van der Waals surface area contributed by atoms with Gasteiger partial charge in [-0.25, -0.2) is 0 Å². The van der Waals surface area contributed by atoms with Crippen LogP contribution in [0.3, 0.4) is 0 Å². The van der Waals surface area contributed by atoms with Gasteiger partial charge in [0.25, 0.3) is 0 Å². The molecular weight excluding hydrogens is 204 g/mol. The van der Waals surface area contributed by atoms with Gasteiger partial charge in [0.2, 0.25) is 0 Å². The Hall–Kier alpha value is -0.260. The Labute approximate surface area is 110 Å². The van der Waals surface area contributed by atoms with Crippen LogP contribution in [0.15, 0.2) is 12.2 Å². The Balaban J connectivity index is 5.05. The van der Waals surface area contributed by atoms with Gasteiger partial charge in [0.1, 0.15) is 0 Å². The van der Waals surface area contributed by atoms with Gasteiger partial charge in [-0.05, 0) is 35.5 Å². The minimum absolute atomic E-state index is 0.237. The molecule has 0 aromatic heterocycles. The number of allylic oxidation sites excluding steroid dienone is 1. The van der Waals surface area contributed by atoms with Gasteiger partial charge in [-0.2, -0.15) is 0 Å². The third-order valence-electron chi connectivity index (χ3n) is 4.15. The van der Waals surface area contributed by atoms with Gasteiger partial charge in [0.15, 0.2) is 0 Å². The lowest BCUT2D eigenvalue weighted by molar-refractivity contribution is 0.0887. The molecule has 0 aliphatic rings. The average molecular weight is 238 g/mol. The maximum atomic E-state index is 4.41. The highest BCUT2D eigenvalue weighted by Gasteiger charge is 2.41. The first kappa shape index (κ1) is 16.7. The third-order valence-corrected chi connectivity index (χ3v) is 4.15. The largest absolute Gasteiger partial charge is 0.0993 e. The molecule has 0 nitrogen and oxygen atoms in total. The quantitative estimate of drug-likeness (QED) is 0.499. The summed E-state index contributed by atoms with van der Waals surface area (Å²) in [5.74, 6) is 0. The molecule has 0 amide bonds. The van der Waals surface area contributed by atoms with Crippen LogP contribution in [0.5, 0.6) is 0 Å². The summed E-state index contributed by atoms with van der Waals surface area (Å²) >= 11 is 0. The van der Waals surface area contributed by atoms with Gasteiger partial charge in [0.05, 0.1) is 0 Å². The summed E-state index contributed by atoms with van der Waals surface area (Å²) in [4.78, 5) is 0. The second-order valence-corrected chi connectivity index (χ2v) is 8.03. The molecule has 1 atom stereocenters. The summed E-state index contributed by atoms with van der Waals surface area (Å²) in [6, 6.07) is 0. The van der Waals surface area contributed by atoms with Crippen molar-refractivity contribution in [3.8, 4) is 0 Å². The summed E-state index contributed by atoms with van der Waals surface area (Å²) in [6.45, 7) is 23.2. The molecule has 0 aromatic carbocycles. The summed E-state index contributed by atoms with van der Waals surface area (Å²) in [5, 5.41) is 0. The van der Waals surface area contributed by atoms with E-state index in [9.17, 15) is 0 Å². The van der Waals surface area contributed by atoms with Crippen molar-refractivity contribution in [3.05, 3.63) is 12.2 Å². The van der Waals surface area contributed by atoms with E-state index in [0.717, 1.165) is 0 Å². The molecule has 0 heterocycles. The zero-order chi connectivity index (χ0) is 13.9. The van der Waals surface area contributed by atoms with Crippen LogP contribution in [0.1, 0.15) is 81.1 Å². The van der Waals surface area contributed by atoms with Gasteiger partial charge in [-0.1, -0.05) is 74.0 Å². The van der Waals surface area contributed by atoms with E-state index in [4.69, 9.17) is 0 Å². The fourth-order valence-electron chi connectivity index (χ4n) is 2.65. The summed E-state index contributed by atoms with van der Waals surface area (Å²) in [6.07, 6.45) is 4.93. The first-order chi connectivity index (χ1) is 7.44. The molecule has 1 unspecified atom stereocenters. The lowest BCUT2D eigenvalue weighted by Crippen LogP contribution is -2.38. The average Bonchev–Trinajstić information content (AvgIpc) is 2.09. The van der Waals surface area contributed by atoms with E-state index in [1.807, 2.05) is 0 Å². The van der Waals surface area contributed by atoms with Crippen LogP contribution in [0.2, 0.25) is 0 Å². The predicted molar refractivity (Wildman–Crippen MR) is 80.3 cm³/mol. The smallest absolute Gasteiger partial charge is 0.00656 e. The van der Waals surface area contributed by atoms with Crippen LogP contribution in [-0.2, 0) is 0 Å². The molecule has 0 aliphatic carbocycles. The molecule has 0 heteroatoms. The van der Waals surface area contributed by atoms with Crippen molar-refractivity contribution in [1.29, 1.82) is 0 Å². The highest BCUT2D eigenvalue weighted by atomic mass is 14.5. The zero-order valence-electron chi connectivity index (χ0n) is 13.5. The van der Waals surface area contributed by atoms with Gasteiger partial charge in [-0.15, -0.1) is 0 Å². The summed E-state index contributed by atoms with van der Waals surface area (Å²) in [7, 11) is 0. The van der Waals surface area contributed by atoms with E-state index < -0.39 is 0 Å². The first-order valence-electron chi connectivity index (χ1n) is 7.12. The van der Waals surface area contributed by atoms with Gasteiger partial charge in [0, 0.05) is 0 Å². The molecule has 0 N–H and O–H groups in total.